The van der Waals surface area contributed by atoms with Gasteiger partial charge in [0, 0.05) is 49.6 Å². The van der Waals surface area contributed by atoms with Crippen LogP contribution >= 0.6 is 11.3 Å². The number of thiophene rings is 1. The normalized spacial score (nSPS) is 20.4. The largest absolute Gasteiger partial charge is 0.491 e. The number of methoxy groups -OCH3 is 1. The lowest BCUT2D eigenvalue weighted by atomic mass is 10.0. The number of pyridine rings is 1. The molecule has 1 fully saturated rings. The second kappa shape index (κ2) is 9.17. The van der Waals surface area contributed by atoms with Crippen LogP contribution in [0.5, 0.6) is 5.75 Å². The highest BCUT2D eigenvalue weighted by Crippen LogP contribution is 2.34. The highest BCUT2D eigenvalue weighted by Gasteiger charge is 2.27. The van der Waals surface area contributed by atoms with E-state index in [0.717, 1.165) is 52.5 Å². The van der Waals surface area contributed by atoms with E-state index in [1.165, 1.54) is 11.3 Å². The third-order valence-corrected chi connectivity index (χ3v) is 7.39. The zero-order chi connectivity index (χ0) is 22.9. The lowest BCUT2D eigenvalue weighted by Crippen LogP contribution is -2.53. The number of anilines is 2. The fraction of sp³-hybridized carbons (Fsp3) is 0.417. The van der Waals surface area contributed by atoms with Gasteiger partial charge in [-0.05, 0) is 37.1 Å². The monoisotopic (exact) mass is 467 g/mol. The number of hydrogen-bond donors (Lipinski definition) is 3. The van der Waals surface area contributed by atoms with E-state index in [-0.39, 0.29) is 11.9 Å². The minimum Gasteiger partial charge on any atom is -0.491 e. The molecular formula is C24H29N5O3S. The number of piperazine rings is 1. The Morgan fingerprint density at radius 3 is 3.12 bits per heavy atom. The summed E-state index contributed by atoms with van der Waals surface area (Å²) in [6, 6.07) is 10.4. The fourth-order valence-electron chi connectivity index (χ4n) is 4.58. The maximum atomic E-state index is 13.0. The molecule has 4 N–H and O–H groups in total. The van der Waals surface area contributed by atoms with Crippen molar-refractivity contribution in [1.82, 2.24) is 15.6 Å². The van der Waals surface area contributed by atoms with E-state index in [1.54, 1.807) is 7.11 Å². The molecule has 0 aliphatic carbocycles. The Kier molecular flexibility index (Phi) is 6.09. The van der Waals surface area contributed by atoms with Crippen molar-refractivity contribution in [3.8, 4) is 5.75 Å². The lowest BCUT2D eigenvalue weighted by Gasteiger charge is -2.38. The minimum atomic E-state index is -0.176. The molecule has 0 radical (unpaired) electrons. The van der Waals surface area contributed by atoms with E-state index in [1.807, 2.05) is 19.1 Å². The number of rotatable bonds is 5. The van der Waals surface area contributed by atoms with Crippen LogP contribution in [0.25, 0.3) is 10.2 Å². The average Bonchev–Trinajstić information content (AvgIpc) is 3.15. The first kappa shape index (κ1) is 21.9. The van der Waals surface area contributed by atoms with Crippen LogP contribution in [-0.2, 0) is 11.2 Å². The number of nitrogen functional groups attached to an aromatic ring is 1. The van der Waals surface area contributed by atoms with Crippen molar-refractivity contribution in [2.24, 2.45) is 0 Å². The Hall–Kier alpha value is -2.88. The smallest absolute Gasteiger partial charge is 0.263 e. The van der Waals surface area contributed by atoms with E-state index < -0.39 is 0 Å². The Balaban J connectivity index is 1.29. The SMILES string of the molecule is COC[C@H]1CNCCN1c1ccc2c(c1)OC[C@H](NC(=O)c1sc3nc(C)ccc3c1N)C2. The maximum absolute atomic E-state index is 13.0. The Labute approximate surface area is 197 Å². The summed E-state index contributed by atoms with van der Waals surface area (Å²) in [7, 11) is 1.74. The molecule has 2 atom stereocenters. The number of ether oxygens (including phenoxy) is 2. The summed E-state index contributed by atoms with van der Waals surface area (Å²) < 4.78 is 11.5. The van der Waals surface area contributed by atoms with Crippen molar-refractivity contribution in [3.05, 3.63) is 46.5 Å². The molecule has 1 amide bonds. The number of amides is 1. The van der Waals surface area contributed by atoms with Crippen LogP contribution in [0.4, 0.5) is 11.4 Å². The highest BCUT2D eigenvalue weighted by atomic mass is 32.1. The number of hydrogen-bond acceptors (Lipinski definition) is 8. The zero-order valence-electron chi connectivity index (χ0n) is 18.9. The van der Waals surface area contributed by atoms with E-state index in [9.17, 15) is 4.79 Å². The average molecular weight is 468 g/mol. The summed E-state index contributed by atoms with van der Waals surface area (Å²) in [4.78, 5) is 21.1. The lowest BCUT2D eigenvalue weighted by molar-refractivity contribution is 0.0920. The standard InChI is InChI=1S/C24H29N5O3S/c1-14-3-6-19-21(25)22(33-24(19)27-14)23(30)28-16-9-15-4-5-17(10-20(15)32-12-16)29-8-7-26-11-18(29)13-31-2/h3-6,10,16,18,26H,7-9,11-13,25H2,1-2H3,(H,28,30)/t16-,18-/m1/s1. The molecular weight excluding hydrogens is 438 g/mol. The van der Waals surface area contributed by atoms with E-state index in [4.69, 9.17) is 15.2 Å². The van der Waals surface area contributed by atoms with Crippen LogP contribution < -0.4 is 26.0 Å². The second-order valence-corrected chi connectivity index (χ2v) is 9.63. The van der Waals surface area contributed by atoms with Crippen molar-refractivity contribution in [3.63, 3.8) is 0 Å². The molecule has 0 saturated carbocycles. The van der Waals surface area contributed by atoms with Gasteiger partial charge in [-0.15, -0.1) is 11.3 Å². The van der Waals surface area contributed by atoms with Gasteiger partial charge in [-0.1, -0.05) is 6.07 Å². The summed E-state index contributed by atoms with van der Waals surface area (Å²) in [6.07, 6.45) is 0.715. The van der Waals surface area contributed by atoms with Crippen molar-refractivity contribution >= 4 is 38.8 Å². The van der Waals surface area contributed by atoms with Gasteiger partial charge in [-0.2, -0.15) is 0 Å². The fourth-order valence-corrected chi connectivity index (χ4v) is 5.63. The molecule has 3 aromatic rings. The van der Waals surface area contributed by atoms with Gasteiger partial charge in [0.15, 0.2) is 0 Å². The number of carbonyl (C=O) groups is 1. The van der Waals surface area contributed by atoms with Crippen LogP contribution in [-0.4, -0.2) is 62.9 Å². The van der Waals surface area contributed by atoms with Gasteiger partial charge in [0.2, 0.25) is 0 Å². The number of fused-ring (bicyclic) bond motifs is 2. The van der Waals surface area contributed by atoms with Gasteiger partial charge in [0.05, 0.1) is 24.4 Å². The number of nitrogens with one attached hydrogen (secondary N) is 2. The van der Waals surface area contributed by atoms with E-state index in [2.05, 4.69) is 38.7 Å². The van der Waals surface area contributed by atoms with Gasteiger partial charge >= 0.3 is 0 Å². The summed E-state index contributed by atoms with van der Waals surface area (Å²) in [6.45, 7) is 5.80. The van der Waals surface area contributed by atoms with Crippen LogP contribution in [0.1, 0.15) is 20.9 Å². The molecule has 2 aromatic heterocycles. The predicted molar refractivity (Wildman–Crippen MR) is 132 cm³/mol. The predicted octanol–water partition coefficient (Wildman–Crippen LogP) is 2.35. The maximum Gasteiger partial charge on any atom is 0.263 e. The van der Waals surface area contributed by atoms with Gasteiger partial charge in [0.1, 0.15) is 22.1 Å². The minimum absolute atomic E-state index is 0.115. The molecule has 1 saturated heterocycles. The summed E-state index contributed by atoms with van der Waals surface area (Å²) in [5.74, 6) is 0.707. The van der Waals surface area contributed by atoms with Gasteiger partial charge in [-0.3, -0.25) is 4.79 Å². The molecule has 4 heterocycles. The Bertz CT molecular complexity index is 1180. The first-order valence-corrected chi connectivity index (χ1v) is 12.0. The van der Waals surface area contributed by atoms with Gasteiger partial charge < -0.3 is 30.7 Å². The highest BCUT2D eigenvalue weighted by molar-refractivity contribution is 7.21. The third-order valence-electron chi connectivity index (χ3n) is 6.27. The van der Waals surface area contributed by atoms with Gasteiger partial charge in [-0.25, -0.2) is 4.98 Å². The van der Waals surface area contributed by atoms with Crippen molar-refractivity contribution in [2.45, 2.75) is 25.4 Å². The molecule has 9 heteroatoms. The van der Waals surface area contributed by atoms with Crippen LogP contribution in [0.3, 0.4) is 0 Å². The van der Waals surface area contributed by atoms with Crippen LogP contribution in [0, 0.1) is 6.92 Å². The number of benzene rings is 1. The van der Waals surface area contributed by atoms with Crippen molar-refractivity contribution in [1.29, 1.82) is 0 Å². The Morgan fingerprint density at radius 2 is 2.27 bits per heavy atom. The van der Waals surface area contributed by atoms with E-state index >= 15 is 0 Å². The third kappa shape index (κ3) is 4.36. The van der Waals surface area contributed by atoms with Crippen molar-refractivity contribution in [2.75, 3.05) is 50.6 Å². The molecule has 2 aliphatic heterocycles. The molecule has 8 nitrogen and oxygen atoms in total. The molecule has 0 bridgehead atoms. The first-order chi connectivity index (χ1) is 16.0. The molecule has 174 valence electrons. The molecule has 33 heavy (non-hydrogen) atoms. The second-order valence-electron chi connectivity index (χ2n) is 8.63. The zero-order valence-corrected chi connectivity index (χ0v) is 19.7. The molecule has 5 rings (SSSR count). The van der Waals surface area contributed by atoms with Crippen LogP contribution in [0.15, 0.2) is 30.3 Å². The molecule has 0 spiro atoms. The number of aromatic nitrogens is 1. The summed E-state index contributed by atoms with van der Waals surface area (Å²) in [5, 5.41) is 7.35. The van der Waals surface area contributed by atoms with E-state index in [0.29, 0.717) is 36.2 Å². The van der Waals surface area contributed by atoms with Crippen molar-refractivity contribution < 1.29 is 14.3 Å². The first-order valence-electron chi connectivity index (χ1n) is 11.2. The number of carbonyl (C=O) groups excluding carboxylic acids is 1. The summed E-state index contributed by atoms with van der Waals surface area (Å²) >= 11 is 1.33. The topological polar surface area (TPSA) is 102 Å². The number of nitrogens with two attached hydrogens (primary N) is 1. The molecule has 0 unspecified atom stereocenters. The molecule has 2 aliphatic rings. The van der Waals surface area contributed by atoms with Crippen LogP contribution in [0.2, 0.25) is 0 Å². The number of nitrogens with zero attached hydrogens (tertiary/aromatic N) is 2. The molecule has 1 aromatic carbocycles. The summed E-state index contributed by atoms with van der Waals surface area (Å²) in [5.41, 5.74) is 9.88. The quantitative estimate of drug-likeness (QED) is 0.529. The van der Waals surface area contributed by atoms with Gasteiger partial charge in [0.25, 0.3) is 5.91 Å². The Morgan fingerprint density at radius 1 is 1.39 bits per heavy atom. The number of aryl methyl sites for hydroxylation is 1.